The zero-order valence-electron chi connectivity index (χ0n) is 7.15. The molecule has 10 heavy (non-hydrogen) atoms. The van der Waals surface area contributed by atoms with Gasteiger partial charge in [0, 0.05) is 17.2 Å². The minimum atomic E-state index is 0.127. The van der Waals surface area contributed by atoms with Gasteiger partial charge in [-0.2, -0.15) is 0 Å². The number of hydrogen-bond donors (Lipinski definition) is 2. The highest BCUT2D eigenvalue weighted by atomic mass is 15.4. The summed E-state index contributed by atoms with van der Waals surface area (Å²) in [5.74, 6) is 0. The second-order valence-electron chi connectivity index (χ2n) is 3.95. The second-order valence-corrected chi connectivity index (χ2v) is 3.95. The van der Waals surface area contributed by atoms with Crippen LogP contribution in [-0.4, -0.2) is 5.54 Å². The highest BCUT2D eigenvalue weighted by Crippen LogP contribution is 2.32. The zero-order chi connectivity index (χ0) is 7.83. The van der Waals surface area contributed by atoms with Crippen LogP contribution < -0.4 is 10.9 Å². The van der Waals surface area contributed by atoms with Gasteiger partial charge in [0.2, 0.25) is 0 Å². The molecular formula is C8H16N2. The number of hydrogen-bond acceptors (Lipinski definition) is 2. The van der Waals surface area contributed by atoms with Gasteiger partial charge in [0.15, 0.2) is 0 Å². The molecule has 58 valence electrons. The Hall–Kier alpha value is -0.500. The van der Waals surface area contributed by atoms with E-state index in [1.54, 1.807) is 0 Å². The number of hydrazine groups is 1. The molecule has 0 aromatic heterocycles. The fourth-order valence-electron chi connectivity index (χ4n) is 0.842. The Morgan fingerprint density at radius 3 is 2.00 bits per heavy atom. The predicted molar refractivity (Wildman–Crippen MR) is 43.3 cm³/mol. The maximum absolute atomic E-state index is 3.21. The Kier molecular flexibility index (Phi) is 1.51. The van der Waals surface area contributed by atoms with Crippen LogP contribution >= 0.6 is 0 Å². The molecule has 0 aromatic carbocycles. The fraction of sp³-hybridized carbons (Fsp3) is 0.750. The SMILES string of the molecule is CC1(C)C=CNNC1(C)C. The van der Waals surface area contributed by atoms with Crippen molar-refractivity contribution in [1.82, 2.24) is 10.9 Å². The van der Waals surface area contributed by atoms with Crippen LogP contribution in [0.1, 0.15) is 27.7 Å². The van der Waals surface area contributed by atoms with Crippen molar-refractivity contribution >= 4 is 0 Å². The Morgan fingerprint density at radius 1 is 1.10 bits per heavy atom. The van der Waals surface area contributed by atoms with Gasteiger partial charge in [0.25, 0.3) is 0 Å². The van der Waals surface area contributed by atoms with Crippen LogP contribution in [0.5, 0.6) is 0 Å². The third-order valence-corrected chi connectivity index (χ3v) is 2.58. The van der Waals surface area contributed by atoms with E-state index in [4.69, 9.17) is 0 Å². The molecule has 1 aliphatic rings. The van der Waals surface area contributed by atoms with E-state index in [2.05, 4.69) is 44.6 Å². The van der Waals surface area contributed by atoms with Gasteiger partial charge in [-0.3, -0.25) is 0 Å². The van der Waals surface area contributed by atoms with Gasteiger partial charge in [-0.15, -0.1) is 0 Å². The van der Waals surface area contributed by atoms with Gasteiger partial charge < -0.3 is 5.43 Å². The standard InChI is InChI=1S/C8H16N2/c1-7(2)5-6-9-10-8(7,3)4/h5-6,9-10H,1-4H3. The van der Waals surface area contributed by atoms with Crippen molar-refractivity contribution < 1.29 is 0 Å². The largest absolute Gasteiger partial charge is 0.329 e. The van der Waals surface area contributed by atoms with Crippen molar-refractivity contribution in [3.8, 4) is 0 Å². The molecule has 0 radical (unpaired) electrons. The lowest BCUT2D eigenvalue weighted by atomic mass is 9.74. The van der Waals surface area contributed by atoms with Crippen molar-refractivity contribution in [2.75, 3.05) is 0 Å². The molecule has 0 unspecified atom stereocenters. The van der Waals surface area contributed by atoms with Gasteiger partial charge in [-0.25, -0.2) is 5.43 Å². The highest BCUT2D eigenvalue weighted by molar-refractivity contribution is 5.08. The van der Waals surface area contributed by atoms with Crippen molar-refractivity contribution in [1.29, 1.82) is 0 Å². The third-order valence-electron chi connectivity index (χ3n) is 2.58. The molecule has 2 N–H and O–H groups in total. The molecule has 0 aliphatic carbocycles. The lowest BCUT2D eigenvalue weighted by Crippen LogP contribution is -2.57. The Bertz CT molecular complexity index is 157. The van der Waals surface area contributed by atoms with E-state index in [-0.39, 0.29) is 11.0 Å². The van der Waals surface area contributed by atoms with Crippen molar-refractivity contribution in [3.63, 3.8) is 0 Å². The number of rotatable bonds is 0. The van der Waals surface area contributed by atoms with Gasteiger partial charge in [-0.1, -0.05) is 19.9 Å². The lowest BCUT2D eigenvalue weighted by Gasteiger charge is -2.42. The molecule has 1 aliphatic heterocycles. The van der Waals surface area contributed by atoms with Crippen molar-refractivity contribution in [3.05, 3.63) is 12.3 Å². The zero-order valence-corrected chi connectivity index (χ0v) is 7.15. The molecule has 1 heterocycles. The monoisotopic (exact) mass is 140 g/mol. The van der Waals surface area contributed by atoms with Crippen LogP contribution in [0.15, 0.2) is 12.3 Å². The molecule has 0 fully saturated rings. The molecule has 0 aromatic rings. The summed E-state index contributed by atoms with van der Waals surface area (Å²) in [5, 5.41) is 0. The summed E-state index contributed by atoms with van der Waals surface area (Å²) in [4.78, 5) is 0. The molecular weight excluding hydrogens is 124 g/mol. The average molecular weight is 140 g/mol. The molecule has 0 saturated heterocycles. The van der Waals surface area contributed by atoms with Crippen LogP contribution in [0, 0.1) is 5.41 Å². The summed E-state index contributed by atoms with van der Waals surface area (Å²) < 4.78 is 0. The van der Waals surface area contributed by atoms with E-state index < -0.39 is 0 Å². The highest BCUT2D eigenvalue weighted by Gasteiger charge is 2.36. The Morgan fingerprint density at radius 2 is 1.70 bits per heavy atom. The summed E-state index contributed by atoms with van der Waals surface area (Å²) in [5.41, 5.74) is 6.56. The molecule has 0 spiro atoms. The van der Waals surface area contributed by atoms with E-state index in [9.17, 15) is 0 Å². The van der Waals surface area contributed by atoms with Crippen LogP contribution in [0.3, 0.4) is 0 Å². The van der Waals surface area contributed by atoms with E-state index >= 15 is 0 Å². The van der Waals surface area contributed by atoms with Crippen LogP contribution in [0.25, 0.3) is 0 Å². The van der Waals surface area contributed by atoms with Crippen LogP contribution in [-0.2, 0) is 0 Å². The van der Waals surface area contributed by atoms with Crippen molar-refractivity contribution in [2.45, 2.75) is 33.2 Å². The van der Waals surface area contributed by atoms with Gasteiger partial charge in [-0.05, 0) is 13.8 Å². The average Bonchev–Trinajstić information content (AvgIpc) is 1.77. The topological polar surface area (TPSA) is 24.1 Å². The molecule has 0 atom stereocenters. The van der Waals surface area contributed by atoms with Gasteiger partial charge in [0.1, 0.15) is 0 Å². The predicted octanol–water partition coefficient (Wildman–Crippen LogP) is 1.41. The van der Waals surface area contributed by atoms with Gasteiger partial charge in [0.05, 0.1) is 0 Å². The second kappa shape index (κ2) is 1.99. The normalized spacial score (nSPS) is 27.6. The first-order chi connectivity index (χ1) is 4.46. The van der Waals surface area contributed by atoms with E-state index in [0.29, 0.717) is 0 Å². The molecule has 0 bridgehead atoms. The first-order valence-electron chi connectivity index (χ1n) is 3.66. The maximum atomic E-state index is 3.21. The van der Waals surface area contributed by atoms with E-state index in [1.807, 2.05) is 6.20 Å². The smallest absolute Gasteiger partial charge is 0.0400 e. The molecule has 0 saturated carbocycles. The molecule has 2 nitrogen and oxygen atoms in total. The quantitative estimate of drug-likeness (QED) is 0.531. The van der Waals surface area contributed by atoms with Crippen LogP contribution in [0.4, 0.5) is 0 Å². The minimum Gasteiger partial charge on any atom is -0.329 e. The maximum Gasteiger partial charge on any atom is 0.0400 e. The lowest BCUT2D eigenvalue weighted by molar-refractivity contribution is 0.178. The number of nitrogens with one attached hydrogen (secondary N) is 2. The van der Waals surface area contributed by atoms with E-state index in [0.717, 1.165) is 0 Å². The summed E-state index contributed by atoms with van der Waals surface area (Å²) in [6, 6.07) is 0. The summed E-state index contributed by atoms with van der Waals surface area (Å²) in [6.45, 7) is 8.81. The molecule has 1 rings (SSSR count). The summed E-state index contributed by atoms with van der Waals surface area (Å²) >= 11 is 0. The molecule has 0 amide bonds. The summed E-state index contributed by atoms with van der Waals surface area (Å²) in [7, 11) is 0. The molecule has 2 heteroatoms. The Labute approximate surface area is 62.7 Å². The first kappa shape index (κ1) is 7.61. The summed E-state index contributed by atoms with van der Waals surface area (Å²) in [6.07, 6.45) is 4.13. The van der Waals surface area contributed by atoms with Crippen LogP contribution in [0.2, 0.25) is 0 Å². The van der Waals surface area contributed by atoms with E-state index in [1.165, 1.54) is 0 Å². The Balaban J connectivity index is 2.87. The van der Waals surface area contributed by atoms with Crippen molar-refractivity contribution in [2.24, 2.45) is 5.41 Å². The van der Waals surface area contributed by atoms with Gasteiger partial charge >= 0.3 is 0 Å². The first-order valence-corrected chi connectivity index (χ1v) is 3.66. The third kappa shape index (κ3) is 1.03. The minimum absolute atomic E-state index is 0.127. The fourth-order valence-corrected chi connectivity index (χ4v) is 0.842.